The number of aryl methyl sites for hydroxylation is 1. The van der Waals surface area contributed by atoms with Gasteiger partial charge in [-0.15, -0.1) is 5.10 Å². The van der Waals surface area contributed by atoms with Crippen LogP contribution in [0.5, 0.6) is 0 Å². The third kappa shape index (κ3) is 2.58. The first-order chi connectivity index (χ1) is 13.1. The first kappa shape index (κ1) is 15.7. The zero-order valence-electron chi connectivity index (χ0n) is 13.9. The Kier molecular flexibility index (Phi) is 3.34. The zero-order chi connectivity index (χ0) is 18.5. The summed E-state index contributed by atoms with van der Waals surface area (Å²) in [4.78, 5) is 23.7. The van der Waals surface area contributed by atoms with Crippen LogP contribution in [-0.4, -0.2) is 30.4 Å². The number of aromatic amines is 2. The summed E-state index contributed by atoms with van der Waals surface area (Å²) < 4.78 is 5.75. The summed E-state index contributed by atoms with van der Waals surface area (Å²) in [6.45, 7) is 1.85. The van der Waals surface area contributed by atoms with Gasteiger partial charge in [0.1, 0.15) is 28.2 Å². The van der Waals surface area contributed by atoms with Crippen molar-refractivity contribution < 1.29 is 4.42 Å². The van der Waals surface area contributed by atoms with E-state index in [4.69, 9.17) is 21.0 Å². The van der Waals surface area contributed by atoms with Crippen LogP contribution in [0.15, 0.2) is 45.6 Å². The van der Waals surface area contributed by atoms with E-state index < -0.39 is 0 Å². The smallest absolute Gasteiger partial charge is 0.249 e. The lowest BCUT2D eigenvalue weighted by Crippen LogP contribution is -2.06. The fourth-order valence-electron chi connectivity index (χ4n) is 2.96. The van der Waals surface area contributed by atoms with Crippen molar-refractivity contribution in [2.75, 3.05) is 0 Å². The highest BCUT2D eigenvalue weighted by atomic mass is 35.5. The first-order valence-corrected chi connectivity index (χ1v) is 8.45. The van der Waals surface area contributed by atoms with Gasteiger partial charge in [-0.1, -0.05) is 16.8 Å². The van der Waals surface area contributed by atoms with E-state index in [-0.39, 0.29) is 5.56 Å². The Morgan fingerprint density at radius 2 is 1.96 bits per heavy atom. The molecule has 1 aromatic carbocycles. The van der Waals surface area contributed by atoms with Gasteiger partial charge in [0.15, 0.2) is 11.4 Å². The number of nitrogens with zero attached hydrogens (tertiary/aromatic N) is 4. The summed E-state index contributed by atoms with van der Waals surface area (Å²) in [5.74, 6) is 1.28. The molecule has 0 amide bonds. The molecular weight excluding hydrogens is 368 g/mol. The lowest BCUT2D eigenvalue weighted by molar-refractivity contribution is 0.546. The summed E-state index contributed by atoms with van der Waals surface area (Å²) in [5, 5.41) is 11.0. The molecule has 0 spiro atoms. The molecule has 27 heavy (non-hydrogen) atoms. The Bertz CT molecular complexity index is 1380. The van der Waals surface area contributed by atoms with Gasteiger partial charge in [-0.05, 0) is 37.3 Å². The van der Waals surface area contributed by atoms with E-state index in [1.54, 1.807) is 12.1 Å². The summed E-state index contributed by atoms with van der Waals surface area (Å²) in [5.41, 5.74) is 3.74. The van der Waals surface area contributed by atoms with Gasteiger partial charge in [0, 0.05) is 11.6 Å². The molecule has 0 aliphatic carbocycles. The lowest BCUT2D eigenvalue weighted by atomic mass is 10.1. The van der Waals surface area contributed by atoms with E-state index in [2.05, 4.69) is 25.4 Å². The maximum absolute atomic E-state index is 11.7. The first-order valence-electron chi connectivity index (χ1n) is 8.07. The number of aromatic nitrogens is 6. The summed E-state index contributed by atoms with van der Waals surface area (Å²) in [7, 11) is 0. The van der Waals surface area contributed by atoms with Crippen LogP contribution in [-0.2, 0) is 0 Å². The Hall–Kier alpha value is -3.52. The fraction of sp³-hybridized carbons (Fsp3) is 0.0556. The SMILES string of the molecule is Cc1ccc(-c2nc3[nH]c(=O)ccc3nc2-c2cc(Cl)c3nn[nH]c3c2)o1. The Morgan fingerprint density at radius 1 is 1.07 bits per heavy atom. The van der Waals surface area contributed by atoms with Gasteiger partial charge in [0.2, 0.25) is 5.56 Å². The highest BCUT2D eigenvalue weighted by Gasteiger charge is 2.18. The predicted octanol–water partition coefficient (Wildman–Crippen LogP) is 3.48. The van der Waals surface area contributed by atoms with Gasteiger partial charge < -0.3 is 9.40 Å². The average Bonchev–Trinajstić information content (AvgIpc) is 3.29. The predicted molar refractivity (Wildman–Crippen MR) is 100 cm³/mol. The van der Waals surface area contributed by atoms with Gasteiger partial charge in [-0.2, -0.15) is 0 Å². The second-order valence-electron chi connectivity index (χ2n) is 6.05. The molecular formula is C18H11ClN6O2. The molecule has 0 fully saturated rings. The molecule has 4 heterocycles. The highest BCUT2D eigenvalue weighted by molar-refractivity contribution is 6.35. The van der Waals surface area contributed by atoms with Crippen molar-refractivity contribution in [1.29, 1.82) is 0 Å². The molecule has 0 bridgehead atoms. The van der Waals surface area contributed by atoms with Crippen LogP contribution in [0.1, 0.15) is 5.76 Å². The molecule has 5 rings (SSSR count). The summed E-state index contributed by atoms with van der Waals surface area (Å²) in [6.07, 6.45) is 0. The van der Waals surface area contributed by atoms with E-state index in [1.165, 1.54) is 6.07 Å². The molecule has 0 radical (unpaired) electrons. The standard InChI is InChI=1S/C18H11ClN6O2/c1-8-2-4-13(27-8)17-15(20-11-3-5-14(26)21-18(11)22-17)9-6-10(19)16-12(7-9)23-25-24-16/h2-7H,1H3,(H,21,22,26)(H,23,24,25). The molecule has 0 aliphatic rings. The van der Waals surface area contributed by atoms with Crippen molar-refractivity contribution in [3.05, 3.63) is 57.5 Å². The van der Waals surface area contributed by atoms with Gasteiger partial charge in [-0.3, -0.25) is 9.89 Å². The van der Waals surface area contributed by atoms with E-state index >= 15 is 0 Å². The van der Waals surface area contributed by atoms with Crippen LogP contribution in [0.25, 0.3) is 44.9 Å². The lowest BCUT2D eigenvalue weighted by Gasteiger charge is -2.09. The van der Waals surface area contributed by atoms with Crippen LogP contribution in [0.2, 0.25) is 5.02 Å². The quantitative estimate of drug-likeness (QED) is 0.486. The summed E-state index contributed by atoms with van der Waals surface area (Å²) in [6, 6.07) is 10.3. The largest absolute Gasteiger partial charge is 0.460 e. The number of benzene rings is 1. The van der Waals surface area contributed by atoms with Gasteiger partial charge >= 0.3 is 0 Å². The number of fused-ring (bicyclic) bond motifs is 2. The fourth-order valence-corrected chi connectivity index (χ4v) is 3.21. The van der Waals surface area contributed by atoms with E-state index in [0.29, 0.717) is 44.4 Å². The number of H-pyrrole nitrogens is 2. The molecule has 132 valence electrons. The second-order valence-corrected chi connectivity index (χ2v) is 6.46. The monoisotopic (exact) mass is 378 g/mol. The van der Waals surface area contributed by atoms with Crippen LogP contribution >= 0.6 is 11.6 Å². The third-order valence-corrected chi connectivity index (χ3v) is 4.48. The van der Waals surface area contributed by atoms with Gasteiger partial charge in [0.25, 0.3) is 0 Å². The molecule has 2 N–H and O–H groups in total. The number of rotatable bonds is 2. The number of furan rings is 1. The number of hydrogen-bond acceptors (Lipinski definition) is 6. The molecule has 4 aromatic heterocycles. The molecule has 5 aromatic rings. The highest BCUT2D eigenvalue weighted by Crippen LogP contribution is 2.34. The van der Waals surface area contributed by atoms with Crippen molar-refractivity contribution in [1.82, 2.24) is 30.4 Å². The van der Waals surface area contributed by atoms with Crippen LogP contribution in [0, 0.1) is 6.92 Å². The Morgan fingerprint density at radius 3 is 2.78 bits per heavy atom. The minimum atomic E-state index is -0.251. The van der Waals surface area contributed by atoms with Crippen molar-refractivity contribution in [2.24, 2.45) is 0 Å². The molecule has 0 saturated heterocycles. The van der Waals surface area contributed by atoms with Crippen LogP contribution < -0.4 is 5.56 Å². The van der Waals surface area contributed by atoms with E-state index in [0.717, 1.165) is 11.3 Å². The third-order valence-electron chi connectivity index (χ3n) is 4.19. The molecule has 0 saturated carbocycles. The number of nitrogens with one attached hydrogen (secondary N) is 2. The molecule has 9 heteroatoms. The van der Waals surface area contributed by atoms with Crippen molar-refractivity contribution >= 4 is 33.8 Å². The van der Waals surface area contributed by atoms with Crippen LogP contribution in [0.4, 0.5) is 0 Å². The number of pyridine rings is 1. The Labute approximate surface area is 156 Å². The maximum atomic E-state index is 11.7. The molecule has 8 nitrogen and oxygen atoms in total. The number of halogens is 1. The van der Waals surface area contributed by atoms with Crippen molar-refractivity contribution in [3.8, 4) is 22.7 Å². The van der Waals surface area contributed by atoms with Gasteiger partial charge in [-0.25, -0.2) is 9.97 Å². The molecule has 0 unspecified atom stereocenters. The molecule has 0 aliphatic heterocycles. The minimum absolute atomic E-state index is 0.251. The van der Waals surface area contributed by atoms with Crippen molar-refractivity contribution in [2.45, 2.75) is 6.92 Å². The van der Waals surface area contributed by atoms with Crippen molar-refractivity contribution in [3.63, 3.8) is 0 Å². The summed E-state index contributed by atoms with van der Waals surface area (Å²) >= 11 is 6.35. The normalized spacial score (nSPS) is 11.5. The van der Waals surface area contributed by atoms with Gasteiger partial charge in [0.05, 0.1) is 10.5 Å². The molecule has 0 atom stereocenters. The number of hydrogen-bond donors (Lipinski definition) is 2. The van der Waals surface area contributed by atoms with Crippen LogP contribution in [0.3, 0.4) is 0 Å². The topological polar surface area (TPSA) is 113 Å². The average molecular weight is 379 g/mol. The Balaban J connectivity index is 1.85. The zero-order valence-corrected chi connectivity index (χ0v) is 14.7. The van der Waals surface area contributed by atoms with E-state index in [1.807, 2.05) is 25.1 Å². The second kappa shape index (κ2) is 5.75. The maximum Gasteiger partial charge on any atom is 0.249 e. The van der Waals surface area contributed by atoms with E-state index in [9.17, 15) is 4.79 Å². The minimum Gasteiger partial charge on any atom is -0.460 e.